The molecule has 0 radical (unpaired) electrons. The Labute approximate surface area is 308 Å². The largest absolute Gasteiger partial charge is 0.507 e. The fraction of sp³-hybridized carbons (Fsp3) is 0.500. The first kappa shape index (κ1) is 37.1. The lowest BCUT2D eigenvalue weighted by Crippen LogP contribution is -2.15. The van der Waals surface area contributed by atoms with E-state index >= 15 is 0 Å². The molecule has 3 heteroatoms. The molecule has 0 amide bonds. The Kier molecular flexibility index (Phi) is 10.4. The highest BCUT2D eigenvalue weighted by Crippen LogP contribution is 2.39. The van der Waals surface area contributed by atoms with Crippen LogP contribution in [0.3, 0.4) is 0 Å². The summed E-state index contributed by atoms with van der Waals surface area (Å²) in [6.45, 7) is 23.9. The van der Waals surface area contributed by atoms with Crippen molar-refractivity contribution in [1.82, 2.24) is 0 Å². The maximum atomic E-state index is 11.8. The van der Waals surface area contributed by atoms with E-state index in [4.69, 9.17) is 9.47 Å². The molecule has 1 N–H and O–H groups in total. The summed E-state index contributed by atoms with van der Waals surface area (Å²) in [7, 11) is 0. The minimum Gasteiger partial charge on any atom is -0.507 e. The van der Waals surface area contributed by atoms with Gasteiger partial charge in [0.25, 0.3) is 0 Å². The summed E-state index contributed by atoms with van der Waals surface area (Å²) in [4.78, 5) is 0. The zero-order chi connectivity index (χ0) is 36.7. The molecule has 0 aromatic heterocycles. The molecule has 1 aliphatic heterocycles. The Morgan fingerprint density at radius 3 is 1.04 bits per heavy atom. The molecular weight excluding hydrogens is 625 g/mol. The van der Waals surface area contributed by atoms with E-state index in [1.165, 1.54) is 55.6 Å². The van der Waals surface area contributed by atoms with Gasteiger partial charge in [-0.25, -0.2) is 0 Å². The van der Waals surface area contributed by atoms with E-state index in [9.17, 15) is 5.11 Å². The minimum atomic E-state index is -0.00982. The Morgan fingerprint density at radius 1 is 0.431 bits per heavy atom. The number of phenolic OH excluding ortho intramolecular Hbond substituents is 1. The zero-order valence-corrected chi connectivity index (χ0v) is 33.2. The van der Waals surface area contributed by atoms with Gasteiger partial charge in [-0.15, -0.1) is 0 Å². The molecule has 0 saturated heterocycles. The molecular formula is C48H62O3. The lowest BCUT2D eigenvalue weighted by Gasteiger charge is -2.26. The van der Waals surface area contributed by atoms with Gasteiger partial charge < -0.3 is 14.6 Å². The molecule has 1 heterocycles. The Balaban J connectivity index is 1.57. The van der Waals surface area contributed by atoms with Crippen molar-refractivity contribution in [3.8, 4) is 17.2 Å². The second-order valence-corrected chi connectivity index (χ2v) is 18.6. The van der Waals surface area contributed by atoms with E-state index in [2.05, 4.69) is 124 Å². The molecule has 4 aromatic rings. The van der Waals surface area contributed by atoms with Gasteiger partial charge in [-0.1, -0.05) is 116 Å². The van der Waals surface area contributed by atoms with Crippen LogP contribution in [0.4, 0.5) is 0 Å². The number of hydrogen-bond acceptors (Lipinski definition) is 3. The fourth-order valence-electron chi connectivity index (χ4n) is 7.90. The maximum Gasteiger partial charge on any atom is 0.126 e. The topological polar surface area (TPSA) is 38.7 Å². The molecule has 0 saturated carbocycles. The standard InChI is InChI=1S/C48H62O3/c1-31-20-32-22-33(21-31)30-51-45-37-17-12-15-35-24-40(46(2,3)4)23-34(43(35)49)14-11-16-36-25-41(47(5,6)7)27-38(44(36)50-29-32)18-13-19-39(45)28-42(26-37)48(8,9)10/h20-28,49H,11-19,29-30H2,1-10H3. The van der Waals surface area contributed by atoms with Crippen molar-refractivity contribution >= 4 is 0 Å². The Bertz CT molecular complexity index is 1730. The van der Waals surface area contributed by atoms with Crippen LogP contribution in [-0.4, -0.2) is 5.11 Å². The first-order valence-electron chi connectivity index (χ1n) is 19.5. The average molecular weight is 687 g/mol. The predicted molar refractivity (Wildman–Crippen MR) is 213 cm³/mol. The van der Waals surface area contributed by atoms with Gasteiger partial charge in [0, 0.05) is 0 Å². The van der Waals surface area contributed by atoms with E-state index in [0.29, 0.717) is 19.0 Å². The molecule has 1 aliphatic carbocycles. The van der Waals surface area contributed by atoms with Crippen LogP contribution < -0.4 is 9.47 Å². The summed E-state index contributed by atoms with van der Waals surface area (Å²) >= 11 is 0. The molecule has 6 rings (SSSR count). The summed E-state index contributed by atoms with van der Waals surface area (Å²) in [6.07, 6.45) is 8.24. The molecule has 3 nitrogen and oxygen atoms in total. The number of ether oxygens (including phenoxy) is 2. The van der Waals surface area contributed by atoms with Gasteiger partial charge in [-0.2, -0.15) is 0 Å². The number of fused-ring (bicyclic) bond motifs is 6. The molecule has 10 bridgehead atoms. The van der Waals surface area contributed by atoms with Gasteiger partial charge in [0.1, 0.15) is 30.5 Å². The van der Waals surface area contributed by atoms with Crippen molar-refractivity contribution in [3.05, 3.63) is 121 Å². The van der Waals surface area contributed by atoms with E-state index in [0.717, 1.165) is 80.4 Å². The van der Waals surface area contributed by atoms with Crippen molar-refractivity contribution in [2.24, 2.45) is 0 Å². The highest BCUT2D eigenvalue weighted by molar-refractivity contribution is 5.51. The van der Waals surface area contributed by atoms with Gasteiger partial charge in [0.2, 0.25) is 0 Å². The highest BCUT2D eigenvalue weighted by atomic mass is 16.5. The third-order valence-corrected chi connectivity index (χ3v) is 11.0. The van der Waals surface area contributed by atoms with Gasteiger partial charge in [0.15, 0.2) is 0 Å². The number of hydrogen-bond donors (Lipinski definition) is 1. The van der Waals surface area contributed by atoms with Crippen molar-refractivity contribution < 1.29 is 14.6 Å². The van der Waals surface area contributed by atoms with Gasteiger partial charge in [-0.3, -0.25) is 0 Å². The number of benzene rings is 4. The molecule has 0 atom stereocenters. The molecule has 0 fully saturated rings. The molecule has 2 aliphatic rings. The van der Waals surface area contributed by atoms with Crippen molar-refractivity contribution in [3.63, 3.8) is 0 Å². The normalized spacial score (nSPS) is 16.0. The van der Waals surface area contributed by atoms with Crippen LogP contribution in [0.2, 0.25) is 0 Å². The summed E-state index contributed by atoms with van der Waals surface area (Å²) in [5.74, 6) is 2.59. The number of aryl methyl sites for hydroxylation is 7. The van der Waals surface area contributed by atoms with Crippen LogP contribution >= 0.6 is 0 Å². The van der Waals surface area contributed by atoms with Crippen molar-refractivity contribution in [1.29, 1.82) is 0 Å². The van der Waals surface area contributed by atoms with Crippen LogP contribution in [0.1, 0.15) is 148 Å². The second kappa shape index (κ2) is 14.4. The quantitative estimate of drug-likeness (QED) is 0.200. The first-order chi connectivity index (χ1) is 24.0. The molecule has 4 aromatic carbocycles. The summed E-state index contributed by atoms with van der Waals surface area (Å²) in [5, 5.41) is 11.8. The lowest BCUT2D eigenvalue weighted by molar-refractivity contribution is 0.291. The molecule has 0 unspecified atom stereocenters. The van der Waals surface area contributed by atoms with E-state index in [1.54, 1.807) is 0 Å². The van der Waals surface area contributed by atoms with Crippen LogP contribution in [0, 0.1) is 6.92 Å². The van der Waals surface area contributed by atoms with Crippen LogP contribution in [0.5, 0.6) is 17.2 Å². The number of rotatable bonds is 0. The van der Waals surface area contributed by atoms with Crippen LogP contribution in [0.25, 0.3) is 0 Å². The van der Waals surface area contributed by atoms with Gasteiger partial charge >= 0.3 is 0 Å². The zero-order valence-electron chi connectivity index (χ0n) is 33.2. The molecule has 272 valence electrons. The molecule has 0 spiro atoms. The summed E-state index contributed by atoms with van der Waals surface area (Å²) < 4.78 is 13.8. The minimum absolute atomic E-state index is 0.00982. The van der Waals surface area contributed by atoms with E-state index in [1.807, 2.05) is 0 Å². The van der Waals surface area contributed by atoms with Crippen LogP contribution in [0.15, 0.2) is 54.6 Å². The van der Waals surface area contributed by atoms with Gasteiger partial charge in [-0.05, 0) is 148 Å². The van der Waals surface area contributed by atoms with Crippen molar-refractivity contribution in [2.75, 3.05) is 0 Å². The summed E-state index contributed by atoms with van der Waals surface area (Å²) in [6, 6.07) is 21.0. The third kappa shape index (κ3) is 8.67. The van der Waals surface area contributed by atoms with Crippen molar-refractivity contribution in [2.45, 2.75) is 156 Å². The van der Waals surface area contributed by atoms with Crippen LogP contribution in [-0.2, 0) is 68.0 Å². The van der Waals surface area contributed by atoms with E-state index < -0.39 is 0 Å². The lowest BCUT2D eigenvalue weighted by atomic mass is 9.81. The van der Waals surface area contributed by atoms with E-state index in [-0.39, 0.29) is 16.2 Å². The maximum absolute atomic E-state index is 11.8. The SMILES string of the molecule is Cc1cc2cc(c1)COc1c3cc(C(C)(C)C)cc1CCCc1cc(C(C)(C)C)cc(c1OC2)CCCc1cc(C(C)(C)C)cc(c1O)CCC3. The Morgan fingerprint density at radius 2 is 0.725 bits per heavy atom. The smallest absolute Gasteiger partial charge is 0.126 e. The number of aromatic hydroxyl groups is 1. The van der Waals surface area contributed by atoms with Gasteiger partial charge in [0.05, 0.1) is 0 Å². The second-order valence-electron chi connectivity index (χ2n) is 18.6. The fourth-order valence-corrected chi connectivity index (χ4v) is 7.90. The monoisotopic (exact) mass is 686 g/mol. The Hall–Kier alpha value is -3.72. The third-order valence-electron chi connectivity index (χ3n) is 11.0. The predicted octanol–water partition coefficient (Wildman–Crippen LogP) is 11.9. The average Bonchev–Trinajstić information content (AvgIpc) is 3.02. The first-order valence-corrected chi connectivity index (χ1v) is 19.5. The summed E-state index contributed by atoms with van der Waals surface area (Å²) in [5.41, 5.74) is 14.9. The number of phenols is 1. The molecule has 51 heavy (non-hydrogen) atoms. The highest BCUT2D eigenvalue weighted by Gasteiger charge is 2.24.